The van der Waals surface area contributed by atoms with Crippen molar-refractivity contribution >= 4 is 34.9 Å². The van der Waals surface area contributed by atoms with Gasteiger partial charge < -0.3 is 15.4 Å². The zero-order chi connectivity index (χ0) is 16.8. The summed E-state index contributed by atoms with van der Waals surface area (Å²) in [5, 5.41) is 6.06. The Morgan fingerprint density at radius 3 is 2.74 bits per heavy atom. The zero-order valence-corrected chi connectivity index (χ0v) is 14.5. The molecule has 0 saturated carbocycles. The molecule has 2 rings (SSSR count). The zero-order valence-electron chi connectivity index (χ0n) is 13.0. The van der Waals surface area contributed by atoms with Crippen LogP contribution in [0.4, 0.5) is 10.5 Å². The minimum Gasteiger partial charge on any atom is -0.491 e. The maximum Gasteiger partial charge on any atom is 0.319 e. The van der Waals surface area contributed by atoms with E-state index in [1.807, 2.05) is 32.0 Å². The van der Waals surface area contributed by atoms with E-state index in [0.29, 0.717) is 28.9 Å². The second kappa shape index (κ2) is 8.09. The van der Waals surface area contributed by atoms with E-state index >= 15 is 0 Å². The van der Waals surface area contributed by atoms with Crippen LogP contribution in [0.2, 0.25) is 10.0 Å². The second-order valence-corrected chi connectivity index (χ2v) is 5.88. The third kappa shape index (κ3) is 5.05. The molecule has 6 heteroatoms. The second-order valence-electron chi connectivity index (χ2n) is 5.10. The number of hydrogen-bond donors (Lipinski definition) is 2. The monoisotopic (exact) mass is 352 g/mol. The number of carbonyl (C=O) groups excluding carboxylic acids is 1. The minimum atomic E-state index is -0.362. The molecule has 0 radical (unpaired) electrons. The lowest BCUT2D eigenvalue weighted by Crippen LogP contribution is -2.32. The van der Waals surface area contributed by atoms with Crippen molar-refractivity contribution in [3.05, 3.63) is 57.6 Å². The molecule has 0 saturated heterocycles. The van der Waals surface area contributed by atoms with Crippen LogP contribution in [-0.4, -0.2) is 19.2 Å². The van der Waals surface area contributed by atoms with Gasteiger partial charge in [0.2, 0.25) is 0 Å². The third-order valence-corrected chi connectivity index (χ3v) is 4.01. The first-order chi connectivity index (χ1) is 11.0. The highest BCUT2D eigenvalue weighted by Gasteiger charge is 2.07. The third-order valence-electron chi connectivity index (χ3n) is 3.19. The Hall–Kier alpha value is -1.91. The maximum atomic E-state index is 11.8. The van der Waals surface area contributed by atoms with Gasteiger partial charge in [0.25, 0.3) is 0 Å². The number of benzene rings is 2. The number of rotatable bonds is 5. The van der Waals surface area contributed by atoms with E-state index in [4.69, 9.17) is 27.9 Å². The molecule has 2 amide bonds. The van der Waals surface area contributed by atoms with Gasteiger partial charge in [0.1, 0.15) is 12.4 Å². The molecule has 0 aliphatic rings. The highest BCUT2D eigenvalue weighted by Crippen LogP contribution is 2.29. The van der Waals surface area contributed by atoms with Crippen molar-refractivity contribution in [1.29, 1.82) is 0 Å². The van der Waals surface area contributed by atoms with Gasteiger partial charge in [-0.1, -0.05) is 41.4 Å². The summed E-state index contributed by atoms with van der Waals surface area (Å²) in [5.74, 6) is 0.824. The van der Waals surface area contributed by atoms with Gasteiger partial charge in [0, 0.05) is 0 Å². The predicted molar refractivity (Wildman–Crippen MR) is 94.9 cm³/mol. The van der Waals surface area contributed by atoms with Crippen LogP contribution in [0.5, 0.6) is 5.75 Å². The lowest BCUT2D eigenvalue weighted by Gasteiger charge is -2.12. The van der Waals surface area contributed by atoms with Crippen LogP contribution in [0.25, 0.3) is 0 Å². The lowest BCUT2D eigenvalue weighted by atomic mass is 10.1. The molecule has 0 aliphatic carbocycles. The van der Waals surface area contributed by atoms with E-state index in [2.05, 4.69) is 10.6 Å². The molecule has 0 unspecified atom stereocenters. The van der Waals surface area contributed by atoms with E-state index in [9.17, 15) is 4.79 Å². The number of amides is 2. The fourth-order valence-corrected chi connectivity index (χ4v) is 2.30. The Morgan fingerprint density at radius 1 is 1.17 bits per heavy atom. The normalized spacial score (nSPS) is 10.3. The average molecular weight is 353 g/mol. The van der Waals surface area contributed by atoms with E-state index in [-0.39, 0.29) is 6.03 Å². The Balaban J connectivity index is 1.79. The summed E-state index contributed by atoms with van der Waals surface area (Å²) in [6.45, 7) is 4.74. The van der Waals surface area contributed by atoms with Gasteiger partial charge in [-0.2, -0.15) is 0 Å². The van der Waals surface area contributed by atoms with Gasteiger partial charge >= 0.3 is 6.03 Å². The van der Waals surface area contributed by atoms with Crippen molar-refractivity contribution in [1.82, 2.24) is 5.32 Å². The van der Waals surface area contributed by atoms with Crippen molar-refractivity contribution in [3.63, 3.8) is 0 Å². The molecule has 2 aromatic carbocycles. The number of aryl methyl sites for hydroxylation is 2. The van der Waals surface area contributed by atoms with E-state index < -0.39 is 0 Å². The molecule has 0 bridgehead atoms. The summed E-state index contributed by atoms with van der Waals surface area (Å²) >= 11 is 11.9. The fraction of sp³-hybridized carbons (Fsp3) is 0.235. The lowest BCUT2D eigenvalue weighted by molar-refractivity contribution is 0.247. The molecule has 0 aliphatic heterocycles. The molecule has 0 fully saturated rings. The van der Waals surface area contributed by atoms with Crippen LogP contribution in [0.1, 0.15) is 11.1 Å². The van der Waals surface area contributed by atoms with Crippen molar-refractivity contribution < 1.29 is 9.53 Å². The van der Waals surface area contributed by atoms with E-state index in [1.165, 1.54) is 0 Å². The molecular weight excluding hydrogens is 335 g/mol. The molecule has 0 atom stereocenters. The highest BCUT2D eigenvalue weighted by molar-refractivity contribution is 6.43. The maximum absolute atomic E-state index is 11.8. The molecule has 4 nitrogen and oxygen atoms in total. The smallest absolute Gasteiger partial charge is 0.319 e. The highest BCUT2D eigenvalue weighted by atomic mass is 35.5. The van der Waals surface area contributed by atoms with Gasteiger partial charge in [0.05, 0.1) is 22.3 Å². The number of urea groups is 1. The molecule has 2 aromatic rings. The number of ether oxygens (including phenoxy) is 1. The van der Waals surface area contributed by atoms with Crippen molar-refractivity contribution in [3.8, 4) is 5.75 Å². The molecule has 23 heavy (non-hydrogen) atoms. The molecule has 0 spiro atoms. The van der Waals surface area contributed by atoms with Crippen LogP contribution >= 0.6 is 23.2 Å². The molecule has 0 heterocycles. The Kier molecular flexibility index (Phi) is 6.13. The molecule has 2 N–H and O–H groups in total. The van der Waals surface area contributed by atoms with Crippen molar-refractivity contribution in [2.75, 3.05) is 18.5 Å². The number of nitrogens with one attached hydrogen (secondary N) is 2. The first-order valence-corrected chi connectivity index (χ1v) is 7.92. The first kappa shape index (κ1) is 17.4. The predicted octanol–water partition coefficient (Wildman–Crippen LogP) is 4.81. The fourth-order valence-electron chi connectivity index (χ4n) is 1.96. The Labute approximate surface area is 145 Å². The van der Waals surface area contributed by atoms with Gasteiger partial charge in [-0.15, -0.1) is 0 Å². The van der Waals surface area contributed by atoms with Crippen LogP contribution < -0.4 is 15.4 Å². The standard InChI is InChI=1S/C17H18Cl2N2O2/c1-11-6-7-12(2)15(10-11)23-9-8-20-17(22)21-14-5-3-4-13(18)16(14)19/h3-7,10H,8-9H2,1-2H3,(H2,20,21,22). The summed E-state index contributed by atoms with van der Waals surface area (Å²) in [5.41, 5.74) is 2.66. The quantitative estimate of drug-likeness (QED) is 0.758. The molecule has 0 aromatic heterocycles. The summed E-state index contributed by atoms with van der Waals surface area (Å²) in [7, 11) is 0. The topological polar surface area (TPSA) is 50.4 Å². The largest absolute Gasteiger partial charge is 0.491 e. The van der Waals surface area contributed by atoms with E-state index in [1.54, 1.807) is 18.2 Å². The van der Waals surface area contributed by atoms with Crippen LogP contribution in [0.3, 0.4) is 0 Å². The average Bonchev–Trinajstić information content (AvgIpc) is 2.51. The summed E-state index contributed by atoms with van der Waals surface area (Å²) in [6, 6.07) is 10.7. The Morgan fingerprint density at radius 2 is 1.96 bits per heavy atom. The SMILES string of the molecule is Cc1ccc(C)c(OCCNC(=O)Nc2cccc(Cl)c2Cl)c1. The summed E-state index contributed by atoms with van der Waals surface area (Å²) < 4.78 is 5.67. The summed E-state index contributed by atoms with van der Waals surface area (Å²) in [6.07, 6.45) is 0. The van der Waals surface area contributed by atoms with Crippen molar-refractivity contribution in [2.45, 2.75) is 13.8 Å². The van der Waals surface area contributed by atoms with Gasteiger partial charge in [-0.05, 0) is 43.2 Å². The van der Waals surface area contributed by atoms with Crippen LogP contribution in [0.15, 0.2) is 36.4 Å². The number of hydrogen-bond acceptors (Lipinski definition) is 2. The molecular formula is C17H18Cl2N2O2. The minimum absolute atomic E-state index is 0.316. The number of anilines is 1. The van der Waals surface area contributed by atoms with Gasteiger partial charge in [0.15, 0.2) is 0 Å². The number of halogens is 2. The van der Waals surface area contributed by atoms with Gasteiger partial charge in [-0.3, -0.25) is 0 Å². The van der Waals surface area contributed by atoms with E-state index in [0.717, 1.165) is 16.9 Å². The van der Waals surface area contributed by atoms with Gasteiger partial charge in [-0.25, -0.2) is 4.79 Å². The number of carbonyl (C=O) groups is 1. The van der Waals surface area contributed by atoms with Crippen LogP contribution in [0, 0.1) is 13.8 Å². The summed E-state index contributed by atoms with van der Waals surface area (Å²) in [4.78, 5) is 11.8. The van der Waals surface area contributed by atoms with Crippen molar-refractivity contribution in [2.24, 2.45) is 0 Å². The first-order valence-electron chi connectivity index (χ1n) is 7.16. The van der Waals surface area contributed by atoms with Crippen LogP contribution in [-0.2, 0) is 0 Å². The molecule has 122 valence electrons. The Bertz CT molecular complexity index is 705.